The van der Waals surface area contributed by atoms with Crippen molar-refractivity contribution >= 4 is 19.8 Å². The zero-order chi connectivity index (χ0) is 46.0. The molecule has 4 atom stereocenters. The number of phosphoric acid groups is 1. The molecule has 0 aromatic heterocycles. The third kappa shape index (κ3) is 43.5. The summed E-state index contributed by atoms with van der Waals surface area (Å²) < 4.78 is 33.8. The molecule has 0 aromatic rings. The Bertz CT molecular complexity index is 1410. The zero-order valence-electron chi connectivity index (χ0n) is 39.0. The largest absolute Gasteiger partial charge is 0.756 e. The van der Waals surface area contributed by atoms with Crippen LogP contribution >= 0.6 is 7.82 Å². The highest BCUT2D eigenvalue weighted by atomic mass is 31.2. The molecular weight excluding hydrogens is 806 g/mol. The van der Waals surface area contributed by atoms with E-state index in [9.17, 15) is 29.3 Å². The maximum Gasteiger partial charge on any atom is 0.306 e. The lowest BCUT2D eigenvalue weighted by Crippen LogP contribution is -2.37. The number of hydrogen-bond donors (Lipinski definition) is 2. The molecular formula is C50H84NO10P. The van der Waals surface area contributed by atoms with E-state index < -0.39 is 44.7 Å². The Kier molecular flexibility index (Phi) is 38.5. The molecule has 0 amide bonds. The van der Waals surface area contributed by atoms with Gasteiger partial charge in [0.15, 0.2) is 6.10 Å². The molecule has 0 aromatic carbocycles. The van der Waals surface area contributed by atoms with Crippen molar-refractivity contribution in [1.82, 2.24) is 0 Å². The number of ether oxygens (including phenoxy) is 2. The third-order valence-corrected chi connectivity index (χ3v) is 10.2. The monoisotopic (exact) mass is 890 g/mol. The van der Waals surface area contributed by atoms with Gasteiger partial charge in [0.1, 0.15) is 19.8 Å². The van der Waals surface area contributed by atoms with Crippen molar-refractivity contribution in [3.8, 4) is 0 Å². The van der Waals surface area contributed by atoms with Crippen LogP contribution in [0.15, 0.2) is 97.2 Å². The van der Waals surface area contributed by atoms with Gasteiger partial charge in [-0.25, -0.2) is 0 Å². The van der Waals surface area contributed by atoms with Crippen molar-refractivity contribution in [3.63, 3.8) is 0 Å². The van der Waals surface area contributed by atoms with Crippen LogP contribution in [0.3, 0.4) is 0 Å². The van der Waals surface area contributed by atoms with Gasteiger partial charge in [-0.05, 0) is 70.6 Å². The summed E-state index contributed by atoms with van der Waals surface area (Å²) in [5.41, 5.74) is 0. The van der Waals surface area contributed by atoms with Crippen molar-refractivity contribution in [2.75, 3.05) is 47.5 Å². The van der Waals surface area contributed by atoms with Crippen molar-refractivity contribution < 1.29 is 52.3 Å². The quantitative estimate of drug-likeness (QED) is 0.0152. The number of likely N-dealkylation sites (N-methyl/N-ethyl adjacent to an activating group) is 1. The SMILES string of the molecule is CC/C=C\C[C@@H](O)/C=C/C=C\C/C=C\C=C\[C@@H](O)/C=C\CCCC(=O)OC[C@H](COP(=O)([O-])OCC[N+](C)(C)C)OC(=O)CCCCCCCCC/C=C\C/C=C\CCCCC. The number of esters is 2. The molecule has 2 N–H and O–H groups in total. The van der Waals surface area contributed by atoms with Crippen LogP contribution in [-0.2, 0) is 32.7 Å². The summed E-state index contributed by atoms with van der Waals surface area (Å²) in [7, 11) is 1.03. The molecule has 0 saturated carbocycles. The van der Waals surface area contributed by atoms with E-state index in [2.05, 4.69) is 38.2 Å². The van der Waals surface area contributed by atoms with E-state index >= 15 is 0 Å². The maximum atomic E-state index is 12.7. The minimum atomic E-state index is -4.68. The van der Waals surface area contributed by atoms with E-state index in [1.165, 1.54) is 38.5 Å². The number of rotatable bonds is 40. The molecule has 0 spiro atoms. The number of carbonyl (C=O) groups is 2. The van der Waals surface area contributed by atoms with Gasteiger partial charge in [-0.3, -0.25) is 14.2 Å². The molecule has 0 fully saturated rings. The fraction of sp³-hybridized carbons (Fsp3) is 0.640. The molecule has 0 aliphatic carbocycles. The van der Waals surface area contributed by atoms with Crippen LogP contribution in [0, 0.1) is 0 Å². The van der Waals surface area contributed by atoms with Gasteiger partial charge in [-0.2, -0.15) is 0 Å². The Hall–Kier alpha value is -3.15. The van der Waals surface area contributed by atoms with Crippen molar-refractivity contribution in [2.45, 2.75) is 161 Å². The smallest absolute Gasteiger partial charge is 0.306 e. The van der Waals surface area contributed by atoms with Crippen LogP contribution in [0.4, 0.5) is 0 Å². The molecule has 0 bridgehead atoms. The summed E-state index contributed by atoms with van der Waals surface area (Å²) in [6.45, 7) is 3.76. The third-order valence-electron chi connectivity index (χ3n) is 9.26. The van der Waals surface area contributed by atoms with Gasteiger partial charge in [0.05, 0.1) is 40.0 Å². The molecule has 0 radical (unpaired) electrons. The zero-order valence-corrected chi connectivity index (χ0v) is 39.9. The van der Waals surface area contributed by atoms with Crippen LogP contribution < -0.4 is 4.89 Å². The van der Waals surface area contributed by atoms with Gasteiger partial charge in [0.2, 0.25) is 0 Å². The molecule has 12 heteroatoms. The standard InChI is InChI=1S/C50H84NO10P/c1-6-8-10-11-12-13-14-15-16-17-18-19-20-21-25-28-34-41-50(55)61-48(45-60-62(56,57)59-43-42-51(3,4)5)44-58-49(54)40-35-29-33-39-47(53)38-32-27-24-22-23-26-31-37-46(52)36-30-9-7-2/h9,12-13,15-16,23-24,26-27,30-33,37-39,46-48,52-53H,6-8,10-11,14,17-22,25,28-29,34-36,40-45H2,1-5H3/b13-12-,16-15-,26-23-,27-24-,30-9-,37-31+,38-32+,39-33-/t46-,47-,48-/m1/s1. The normalized spacial score (nSPS) is 15.4. The number of aliphatic hydroxyl groups excluding tert-OH is 2. The first kappa shape index (κ1) is 58.9. The number of carbonyl (C=O) groups excluding carboxylic acids is 2. The van der Waals surface area contributed by atoms with Gasteiger partial charge in [-0.15, -0.1) is 0 Å². The van der Waals surface area contributed by atoms with Crippen LogP contribution in [0.5, 0.6) is 0 Å². The predicted octanol–water partition coefficient (Wildman–Crippen LogP) is 10.7. The molecule has 62 heavy (non-hydrogen) atoms. The van der Waals surface area contributed by atoms with E-state index in [4.69, 9.17) is 18.5 Å². The Morgan fingerprint density at radius 2 is 1.23 bits per heavy atom. The van der Waals surface area contributed by atoms with Crippen molar-refractivity contribution in [3.05, 3.63) is 97.2 Å². The van der Waals surface area contributed by atoms with Crippen molar-refractivity contribution in [2.24, 2.45) is 0 Å². The lowest BCUT2D eigenvalue weighted by Gasteiger charge is -2.28. The number of unbranched alkanes of at least 4 members (excludes halogenated alkanes) is 11. The minimum Gasteiger partial charge on any atom is -0.756 e. The first-order chi connectivity index (χ1) is 29.8. The lowest BCUT2D eigenvalue weighted by molar-refractivity contribution is -0.870. The second kappa shape index (κ2) is 40.6. The molecule has 0 aliphatic heterocycles. The highest BCUT2D eigenvalue weighted by Crippen LogP contribution is 2.38. The lowest BCUT2D eigenvalue weighted by atomic mass is 10.1. The van der Waals surface area contributed by atoms with Crippen LogP contribution in [-0.4, -0.2) is 92.5 Å². The number of nitrogens with zero attached hydrogens (tertiary/aromatic N) is 1. The number of aliphatic hydroxyl groups is 2. The first-order valence-corrected chi connectivity index (χ1v) is 24.6. The average molecular weight is 890 g/mol. The summed E-state index contributed by atoms with van der Waals surface area (Å²) in [6, 6.07) is 0. The topological polar surface area (TPSA) is 152 Å². The van der Waals surface area contributed by atoms with Gasteiger partial charge in [0, 0.05) is 12.8 Å². The molecule has 1 unspecified atom stereocenters. The first-order valence-electron chi connectivity index (χ1n) is 23.2. The fourth-order valence-electron chi connectivity index (χ4n) is 5.60. The number of allylic oxidation sites excluding steroid dienone is 12. The second-order valence-electron chi connectivity index (χ2n) is 16.4. The summed E-state index contributed by atoms with van der Waals surface area (Å²) in [6.07, 6.45) is 46.5. The molecule has 11 nitrogen and oxygen atoms in total. The van der Waals surface area contributed by atoms with E-state index in [-0.39, 0.29) is 26.1 Å². The minimum absolute atomic E-state index is 0.0711. The van der Waals surface area contributed by atoms with Crippen LogP contribution in [0.1, 0.15) is 142 Å². The Balaban J connectivity index is 4.60. The van der Waals surface area contributed by atoms with E-state index in [1.54, 1.807) is 30.4 Å². The van der Waals surface area contributed by atoms with Gasteiger partial charge in [-0.1, -0.05) is 156 Å². The summed E-state index contributed by atoms with van der Waals surface area (Å²) in [4.78, 5) is 37.6. The number of quaternary nitrogens is 1. The molecule has 0 saturated heterocycles. The highest BCUT2D eigenvalue weighted by molar-refractivity contribution is 7.45. The number of hydrogen-bond acceptors (Lipinski definition) is 10. The summed E-state index contributed by atoms with van der Waals surface area (Å²) in [5.74, 6) is -1.04. The fourth-order valence-corrected chi connectivity index (χ4v) is 6.33. The van der Waals surface area contributed by atoms with Gasteiger partial charge < -0.3 is 38.1 Å². The van der Waals surface area contributed by atoms with Gasteiger partial charge in [0.25, 0.3) is 7.82 Å². The Morgan fingerprint density at radius 3 is 1.89 bits per heavy atom. The Morgan fingerprint density at radius 1 is 0.629 bits per heavy atom. The molecule has 0 rings (SSSR count). The maximum absolute atomic E-state index is 12.7. The average Bonchev–Trinajstić information content (AvgIpc) is 3.21. The van der Waals surface area contributed by atoms with Gasteiger partial charge >= 0.3 is 11.9 Å². The summed E-state index contributed by atoms with van der Waals surface area (Å²) >= 11 is 0. The van der Waals surface area contributed by atoms with E-state index in [1.807, 2.05) is 63.7 Å². The molecule has 354 valence electrons. The predicted molar refractivity (Wildman–Crippen MR) is 252 cm³/mol. The van der Waals surface area contributed by atoms with Crippen LogP contribution in [0.25, 0.3) is 0 Å². The second-order valence-corrected chi connectivity index (χ2v) is 17.8. The highest BCUT2D eigenvalue weighted by Gasteiger charge is 2.21. The molecule has 0 heterocycles. The molecule has 0 aliphatic rings. The number of phosphoric ester groups is 1. The van der Waals surface area contributed by atoms with Crippen molar-refractivity contribution in [1.29, 1.82) is 0 Å². The van der Waals surface area contributed by atoms with E-state index in [0.717, 1.165) is 44.9 Å². The van der Waals surface area contributed by atoms with E-state index in [0.29, 0.717) is 43.1 Å². The summed E-state index contributed by atoms with van der Waals surface area (Å²) in [5, 5.41) is 20.0. The van der Waals surface area contributed by atoms with Crippen LogP contribution in [0.2, 0.25) is 0 Å². The Labute approximate surface area is 376 Å².